The summed E-state index contributed by atoms with van der Waals surface area (Å²) in [4.78, 5) is 44.3. The van der Waals surface area contributed by atoms with Gasteiger partial charge in [-0.3, -0.25) is 14.3 Å². The number of likely N-dealkylation sites (N-methyl/N-ethyl adjacent to an activating group) is 1. The number of ether oxygens (including phenoxy) is 1. The molecule has 0 bridgehead atoms. The van der Waals surface area contributed by atoms with Gasteiger partial charge in [0.05, 0.1) is 0 Å². The molecule has 4 N–H and O–H groups in total. The van der Waals surface area contributed by atoms with Crippen molar-refractivity contribution in [3.8, 4) is 0 Å². The van der Waals surface area contributed by atoms with Crippen molar-refractivity contribution in [2.45, 2.75) is 44.6 Å². The predicted octanol–water partition coefficient (Wildman–Crippen LogP) is 1.85. The quantitative estimate of drug-likeness (QED) is 0.594. The topological polar surface area (TPSA) is 130 Å². The highest BCUT2D eigenvalue weighted by atomic mass is 31.2. The van der Waals surface area contributed by atoms with Gasteiger partial charge < -0.3 is 20.3 Å². The van der Waals surface area contributed by atoms with Gasteiger partial charge in [-0.25, -0.2) is 4.79 Å². The number of carbonyl (C=O) groups excluding carboxylic acids is 2. The first kappa shape index (κ1) is 21.3. The predicted molar refractivity (Wildman–Crippen MR) is 92.7 cm³/mol. The van der Waals surface area contributed by atoms with E-state index in [2.05, 4.69) is 0 Å². The van der Waals surface area contributed by atoms with Crippen molar-refractivity contribution in [3.63, 3.8) is 0 Å². The molecule has 1 amide bonds. The third-order valence-corrected chi connectivity index (χ3v) is 5.08. The smallest absolute Gasteiger partial charge is 0.410 e. The van der Waals surface area contributed by atoms with Crippen LogP contribution < -0.4 is 5.73 Å². The van der Waals surface area contributed by atoms with Crippen LogP contribution in [0.4, 0.5) is 4.79 Å². The normalized spacial score (nSPS) is 15.1. The Labute approximate surface area is 147 Å². The van der Waals surface area contributed by atoms with E-state index in [1.54, 1.807) is 31.2 Å². The third-order valence-electron chi connectivity index (χ3n) is 4.12. The molecule has 1 rings (SSSR count). The Morgan fingerprint density at radius 3 is 2.36 bits per heavy atom. The van der Waals surface area contributed by atoms with E-state index in [0.717, 1.165) is 10.5 Å². The molecule has 0 saturated carbocycles. The molecule has 9 heteroatoms. The minimum atomic E-state index is -4.82. The monoisotopic (exact) mass is 372 g/mol. The van der Waals surface area contributed by atoms with Crippen LogP contribution in [0.5, 0.6) is 0 Å². The zero-order valence-corrected chi connectivity index (χ0v) is 15.5. The lowest BCUT2D eigenvalue weighted by atomic mass is 9.89. The van der Waals surface area contributed by atoms with E-state index in [-0.39, 0.29) is 13.0 Å². The van der Waals surface area contributed by atoms with Gasteiger partial charge in [0.25, 0.3) is 0 Å². The number of rotatable bonds is 8. The summed E-state index contributed by atoms with van der Waals surface area (Å²) in [6, 6.07) is 9.01. The molecule has 140 valence electrons. The van der Waals surface area contributed by atoms with Crippen LogP contribution in [0.15, 0.2) is 30.3 Å². The van der Waals surface area contributed by atoms with E-state index >= 15 is 0 Å². The number of hydrogen-bond donors (Lipinski definition) is 3. The minimum absolute atomic E-state index is 0.0188. The number of hydrogen-bond acceptors (Lipinski definition) is 5. The van der Waals surface area contributed by atoms with Crippen LogP contribution in [-0.4, -0.2) is 44.9 Å². The van der Waals surface area contributed by atoms with E-state index < -0.39 is 30.8 Å². The van der Waals surface area contributed by atoms with Crippen LogP contribution in [0, 0.1) is 0 Å². The zero-order valence-electron chi connectivity index (χ0n) is 14.6. The van der Waals surface area contributed by atoms with E-state index in [9.17, 15) is 23.9 Å². The number of ketones is 1. The van der Waals surface area contributed by atoms with Gasteiger partial charge in [0.1, 0.15) is 12.1 Å². The Hall–Kier alpha value is -1.73. The van der Waals surface area contributed by atoms with Crippen LogP contribution in [-0.2, 0) is 20.7 Å². The standard InChI is InChI=1S/C16H25N2O6P/c1-4-10-16(2,13(19)14(17)25(21,22)23)18(3)15(20)24-11-12-8-6-5-7-9-12/h5-9,14H,4,10-11,17H2,1-3H3,(H2,21,22,23)/t14?,16-/m0/s1. The molecular weight excluding hydrogens is 347 g/mol. The molecule has 25 heavy (non-hydrogen) atoms. The van der Waals surface area contributed by atoms with Gasteiger partial charge in [-0.15, -0.1) is 0 Å². The fraction of sp³-hybridized carbons (Fsp3) is 0.500. The molecule has 0 saturated heterocycles. The second-order valence-corrected chi connectivity index (χ2v) is 7.76. The summed E-state index contributed by atoms with van der Waals surface area (Å²) in [6.07, 6.45) is -0.0748. The summed E-state index contributed by atoms with van der Waals surface area (Å²) < 4.78 is 16.5. The molecule has 0 aromatic heterocycles. The average Bonchev–Trinajstić information content (AvgIpc) is 2.57. The highest BCUT2D eigenvalue weighted by molar-refractivity contribution is 7.53. The van der Waals surface area contributed by atoms with Gasteiger partial charge in [0.15, 0.2) is 11.6 Å². The number of Topliss-reactive ketones (excluding diaryl/α,β-unsaturated/α-hetero) is 1. The van der Waals surface area contributed by atoms with Gasteiger partial charge in [0.2, 0.25) is 0 Å². The van der Waals surface area contributed by atoms with E-state index in [1.165, 1.54) is 14.0 Å². The molecule has 1 unspecified atom stereocenters. The molecule has 0 aliphatic heterocycles. The molecule has 0 aliphatic rings. The van der Waals surface area contributed by atoms with Crippen LogP contribution >= 0.6 is 7.60 Å². The van der Waals surface area contributed by atoms with Crippen molar-refractivity contribution in [3.05, 3.63) is 35.9 Å². The summed E-state index contributed by atoms with van der Waals surface area (Å²) in [5.41, 5.74) is 4.72. The number of amides is 1. The highest BCUT2D eigenvalue weighted by Gasteiger charge is 2.47. The maximum absolute atomic E-state index is 12.6. The molecule has 0 aliphatic carbocycles. The van der Waals surface area contributed by atoms with Crippen LogP contribution in [0.25, 0.3) is 0 Å². The fourth-order valence-electron chi connectivity index (χ4n) is 2.43. The first-order chi connectivity index (χ1) is 11.5. The van der Waals surface area contributed by atoms with E-state index in [1.807, 2.05) is 6.07 Å². The summed E-state index contributed by atoms with van der Waals surface area (Å²) in [5.74, 6) is -2.89. The Kier molecular flexibility index (Phi) is 7.31. The molecule has 0 spiro atoms. The highest BCUT2D eigenvalue weighted by Crippen LogP contribution is 2.41. The Morgan fingerprint density at radius 2 is 1.88 bits per heavy atom. The van der Waals surface area contributed by atoms with Gasteiger partial charge in [-0.1, -0.05) is 43.7 Å². The first-order valence-corrected chi connectivity index (χ1v) is 9.51. The molecule has 1 aromatic carbocycles. The lowest BCUT2D eigenvalue weighted by Crippen LogP contribution is -2.58. The SMILES string of the molecule is CCC[C@@](C)(C(=O)C(N)P(=O)(O)O)N(C)C(=O)OCc1ccccc1. The Morgan fingerprint density at radius 1 is 1.32 bits per heavy atom. The fourth-order valence-corrected chi connectivity index (χ4v) is 3.02. The molecule has 0 radical (unpaired) electrons. The number of nitrogens with zero attached hydrogens (tertiary/aromatic N) is 1. The molecule has 2 atom stereocenters. The van der Waals surface area contributed by atoms with Gasteiger partial charge in [-0.05, 0) is 18.9 Å². The second kappa shape index (κ2) is 8.58. The summed E-state index contributed by atoms with van der Waals surface area (Å²) in [5, 5.41) is 0. The van der Waals surface area contributed by atoms with Gasteiger partial charge >= 0.3 is 13.7 Å². The van der Waals surface area contributed by atoms with Gasteiger partial charge in [0, 0.05) is 7.05 Å². The van der Waals surface area contributed by atoms with Crippen molar-refractivity contribution in [2.24, 2.45) is 5.73 Å². The summed E-state index contributed by atoms with van der Waals surface area (Å²) in [7, 11) is -3.46. The molecule has 0 heterocycles. The Bertz CT molecular complexity index is 647. The van der Waals surface area contributed by atoms with E-state index in [4.69, 9.17) is 10.5 Å². The van der Waals surface area contributed by atoms with Gasteiger partial charge in [-0.2, -0.15) is 0 Å². The van der Waals surface area contributed by atoms with Crippen molar-refractivity contribution < 1.29 is 28.7 Å². The number of nitrogens with two attached hydrogens (primary N) is 1. The summed E-state index contributed by atoms with van der Waals surface area (Å²) >= 11 is 0. The van der Waals surface area contributed by atoms with Crippen LogP contribution in [0.1, 0.15) is 32.3 Å². The number of benzene rings is 1. The molecular formula is C16H25N2O6P. The average molecular weight is 372 g/mol. The molecule has 8 nitrogen and oxygen atoms in total. The van der Waals surface area contributed by atoms with Crippen molar-refractivity contribution in [1.82, 2.24) is 4.90 Å². The lowest BCUT2D eigenvalue weighted by Gasteiger charge is -2.38. The zero-order chi connectivity index (χ0) is 19.3. The number of carbonyl (C=O) groups is 2. The van der Waals surface area contributed by atoms with Crippen LogP contribution in [0.2, 0.25) is 0 Å². The second-order valence-electron chi connectivity index (χ2n) is 6.02. The third kappa shape index (κ3) is 5.37. The lowest BCUT2D eigenvalue weighted by molar-refractivity contribution is -0.129. The molecule has 0 fully saturated rings. The summed E-state index contributed by atoms with van der Waals surface area (Å²) in [6.45, 7) is 3.24. The molecule has 1 aromatic rings. The first-order valence-electron chi connectivity index (χ1n) is 7.83. The van der Waals surface area contributed by atoms with Crippen molar-refractivity contribution >= 4 is 19.5 Å². The van der Waals surface area contributed by atoms with Crippen molar-refractivity contribution in [1.29, 1.82) is 0 Å². The maximum atomic E-state index is 12.6. The maximum Gasteiger partial charge on any atom is 0.410 e. The van der Waals surface area contributed by atoms with Crippen LogP contribution in [0.3, 0.4) is 0 Å². The van der Waals surface area contributed by atoms with E-state index in [0.29, 0.717) is 6.42 Å². The van der Waals surface area contributed by atoms with Crippen molar-refractivity contribution in [2.75, 3.05) is 7.05 Å². The minimum Gasteiger partial charge on any atom is -0.445 e. The Balaban J connectivity index is 2.93. The largest absolute Gasteiger partial charge is 0.445 e.